The number of aliphatic hydroxyl groups is 1. The Morgan fingerprint density at radius 2 is 1.82 bits per heavy atom. The monoisotopic (exact) mass is 229 g/mol. The molecule has 0 aliphatic heterocycles. The molecule has 0 atom stereocenters. The summed E-state index contributed by atoms with van der Waals surface area (Å²) in [5.41, 5.74) is 3.59. The number of aliphatic hydroxyl groups excluding tert-OH is 1. The van der Waals surface area contributed by atoms with Crippen LogP contribution >= 0.6 is 0 Å². The third-order valence-electron chi connectivity index (χ3n) is 3.08. The van der Waals surface area contributed by atoms with Gasteiger partial charge in [-0.05, 0) is 29.2 Å². The first-order valence-electron chi connectivity index (χ1n) is 6.04. The molecule has 2 heteroatoms. The maximum atomic E-state index is 9.18. The second-order valence-corrected chi connectivity index (χ2v) is 4.68. The Morgan fingerprint density at radius 1 is 1.12 bits per heavy atom. The lowest BCUT2D eigenvalue weighted by Crippen LogP contribution is -2.03. The van der Waals surface area contributed by atoms with Crippen LogP contribution < -0.4 is 0 Å². The lowest BCUT2D eigenvalue weighted by Gasteiger charge is -2.09. The first-order valence-corrected chi connectivity index (χ1v) is 6.04. The predicted molar refractivity (Wildman–Crippen MR) is 70.0 cm³/mol. The summed E-state index contributed by atoms with van der Waals surface area (Å²) in [6, 6.07) is 12.6. The van der Waals surface area contributed by atoms with E-state index in [9.17, 15) is 5.11 Å². The number of aromatic nitrogens is 1. The molecule has 0 saturated carbocycles. The van der Waals surface area contributed by atoms with Gasteiger partial charge >= 0.3 is 0 Å². The van der Waals surface area contributed by atoms with Crippen LogP contribution in [-0.2, 0) is 13.2 Å². The minimum Gasteiger partial charge on any atom is -0.390 e. The first-order chi connectivity index (χ1) is 8.20. The maximum absolute atomic E-state index is 9.18. The summed E-state index contributed by atoms with van der Waals surface area (Å²) in [4.78, 5) is 0. The Labute approximate surface area is 103 Å². The van der Waals surface area contributed by atoms with Crippen molar-refractivity contribution in [3.8, 4) is 0 Å². The normalized spacial score (nSPS) is 11.1. The summed E-state index contributed by atoms with van der Waals surface area (Å²) in [5.74, 6) is 0.573. The van der Waals surface area contributed by atoms with E-state index in [1.165, 1.54) is 11.1 Å². The molecule has 0 saturated heterocycles. The van der Waals surface area contributed by atoms with Gasteiger partial charge in [0, 0.05) is 18.4 Å². The van der Waals surface area contributed by atoms with Gasteiger partial charge in [0.25, 0.3) is 0 Å². The van der Waals surface area contributed by atoms with Crippen LogP contribution in [0.2, 0.25) is 0 Å². The number of hydrogen-bond acceptors (Lipinski definition) is 1. The van der Waals surface area contributed by atoms with Gasteiger partial charge in [-0.25, -0.2) is 0 Å². The van der Waals surface area contributed by atoms with Crippen molar-refractivity contribution >= 4 is 0 Å². The quantitative estimate of drug-likeness (QED) is 0.856. The standard InChI is InChI=1S/C15H19NO/c1-12(2)14-7-5-13(6-8-14)10-16-9-3-4-15(16)11-17/h3-9,12,17H,10-11H2,1-2H3. The van der Waals surface area contributed by atoms with Crippen LogP contribution in [0.15, 0.2) is 42.6 Å². The molecule has 0 fully saturated rings. The van der Waals surface area contributed by atoms with Crippen LogP contribution in [0.25, 0.3) is 0 Å². The molecule has 1 aromatic heterocycles. The lowest BCUT2D eigenvalue weighted by molar-refractivity contribution is 0.271. The minimum atomic E-state index is 0.0943. The third-order valence-corrected chi connectivity index (χ3v) is 3.08. The van der Waals surface area contributed by atoms with E-state index in [0.717, 1.165) is 12.2 Å². The summed E-state index contributed by atoms with van der Waals surface area (Å²) >= 11 is 0. The number of nitrogens with zero attached hydrogens (tertiary/aromatic N) is 1. The fourth-order valence-electron chi connectivity index (χ4n) is 1.95. The Kier molecular flexibility index (Phi) is 3.64. The second kappa shape index (κ2) is 5.19. The van der Waals surface area contributed by atoms with Gasteiger partial charge in [-0.3, -0.25) is 0 Å². The smallest absolute Gasteiger partial charge is 0.0832 e. The summed E-state index contributed by atoms with van der Waals surface area (Å²) in [7, 11) is 0. The Morgan fingerprint density at radius 3 is 2.41 bits per heavy atom. The zero-order chi connectivity index (χ0) is 12.3. The molecule has 1 aromatic carbocycles. The predicted octanol–water partition coefficient (Wildman–Crippen LogP) is 3.15. The molecule has 0 unspecified atom stereocenters. The molecule has 0 radical (unpaired) electrons. The lowest BCUT2D eigenvalue weighted by atomic mass is 10.0. The van der Waals surface area contributed by atoms with Crippen molar-refractivity contribution in [2.24, 2.45) is 0 Å². The van der Waals surface area contributed by atoms with Crippen LogP contribution in [0.5, 0.6) is 0 Å². The van der Waals surface area contributed by atoms with Gasteiger partial charge in [-0.2, -0.15) is 0 Å². The first kappa shape index (κ1) is 11.9. The van der Waals surface area contributed by atoms with E-state index in [1.807, 2.05) is 18.3 Å². The molecular formula is C15H19NO. The van der Waals surface area contributed by atoms with E-state index in [4.69, 9.17) is 0 Å². The average Bonchev–Trinajstić information content (AvgIpc) is 2.77. The molecule has 0 spiro atoms. The van der Waals surface area contributed by atoms with E-state index < -0.39 is 0 Å². The van der Waals surface area contributed by atoms with Crippen LogP contribution in [0.4, 0.5) is 0 Å². The zero-order valence-electron chi connectivity index (χ0n) is 10.4. The van der Waals surface area contributed by atoms with Crippen molar-refractivity contribution < 1.29 is 5.11 Å². The summed E-state index contributed by atoms with van der Waals surface area (Å²) < 4.78 is 2.07. The van der Waals surface area contributed by atoms with Crippen molar-refractivity contribution in [2.45, 2.75) is 32.9 Å². The highest BCUT2D eigenvalue weighted by molar-refractivity contribution is 5.25. The van der Waals surface area contributed by atoms with Crippen molar-refractivity contribution in [2.75, 3.05) is 0 Å². The van der Waals surface area contributed by atoms with E-state index in [0.29, 0.717) is 5.92 Å². The van der Waals surface area contributed by atoms with Gasteiger partial charge in [-0.1, -0.05) is 38.1 Å². The minimum absolute atomic E-state index is 0.0943. The number of benzene rings is 1. The molecule has 0 amide bonds. The largest absolute Gasteiger partial charge is 0.390 e. The molecular weight excluding hydrogens is 210 g/mol. The Hall–Kier alpha value is -1.54. The Balaban J connectivity index is 2.14. The van der Waals surface area contributed by atoms with E-state index >= 15 is 0 Å². The molecule has 1 heterocycles. The van der Waals surface area contributed by atoms with Crippen LogP contribution in [0.3, 0.4) is 0 Å². The second-order valence-electron chi connectivity index (χ2n) is 4.68. The summed E-state index contributed by atoms with van der Waals surface area (Å²) in [6.45, 7) is 5.31. The summed E-state index contributed by atoms with van der Waals surface area (Å²) in [5, 5.41) is 9.18. The fourth-order valence-corrected chi connectivity index (χ4v) is 1.95. The van der Waals surface area contributed by atoms with Crippen molar-refractivity contribution in [1.29, 1.82) is 0 Å². The molecule has 0 aliphatic rings. The molecule has 2 aromatic rings. The van der Waals surface area contributed by atoms with Crippen molar-refractivity contribution in [3.63, 3.8) is 0 Å². The maximum Gasteiger partial charge on any atom is 0.0832 e. The number of hydrogen-bond donors (Lipinski definition) is 1. The zero-order valence-corrected chi connectivity index (χ0v) is 10.4. The summed E-state index contributed by atoms with van der Waals surface area (Å²) in [6.07, 6.45) is 2.00. The molecule has 1 N–H and O–H groups in total. The fraction of sp³-hybridized carbons (Fsp3) is 0.333. The van der Waals surface area contributed by atoms with Gasteiger partial charge in [-0.15, -0.1) is 0 Å². The highest BCUT2D eigenvalue weighted by Crippen LogP contribution is 2.15. The molecule has 2 nitrogen and oxygen atoms in total. The average molecular weight is 229 g/mol. The van der Waals surface area contributed by atoms with Gasteiger partial charge in [0.1, 0.15) is 0 Å². The van der Waals surface area contributed by atoms with Crippen molar-refractivity contribution in [3.05, 3.63) is 59.4 Å². The van der Waals surface area contributed by atoms with Gasteiger partial charge in [0.15, 0.2) is 0 Å². The Bertz CT molecular complexity index is 468. The van der Waals surface area contributed by atoms with E-state index in [2.05, 4.69) is 42.7 Å². The van der Waals surface area contributed by atoms with Gasteiger partial charge < -0.3 is 9.67 Å². The third kappa shape index (κ3) is 2.77. The van der Waals surface area contributed by atoms with Crippen LogP contribution in [0, 0.1) is 0 Å². The molecule has 17 heavy (non-hydrogen) atoms. The van der Waals surface area contributed by atoms with Crippen LogP contribution in [-0.4, -0.2) is 9.67 Å². The van der Waals surface area contributed by atoms with E-state index in [-0.39, 0.29) is 6.61 Å². The molecule has 2 rings (SSSR count). The highest BCUT2D eigenvalue weighted by atomic mass is 16.3. The van der Waals surface area contributed by atoms with Crippen molar-refractivity contribution in [1.82, 2.24) is 4.57 Å². The highest BCUT2D eigenvalue weighted by Gasteiger charge is 2.02. The SMILES string of the molecule is CC(C)c1ccc(Cn2cccc2CO)cc1. The van der Waals surface area contributed by atoms with Gasteiger partial charge in [0.05, 0.1) is 6.61 Å². The van der Waals surface area contributed by atoms with E-state index in [1.54, 1.807) is 0 Å². The molecule has 90 valence electrons. The van der Waals surface area contributed by atoms with Gasteiger partial charge in [0.2, 0.25) is 0 Å². The number of rotatable bonds is 4. The van der Waals surface area contributed by atoms with Crippen LogP contribution in [0.1, 0.15) is 36.6 Å². The molecule has 0 aliphatic carbocycles. The topological polar surface area (TPSA) is 25.2 Å². The molecule has 0 bridgehead atoms.